The molecule has 2 aromatic rings. The molecule has 0 saturated heterocycles. The molecule has 1 aromatic carbocycles. The molecule has 0 atom stereocenters. The van der Waals surface area contributed by atoms with Gasteiger partial charge in [-0.1, -0.05) is 0 Å². The molecule has 1 aromatic heterocycles. The highest BCUT2D eigenvalue weighted by molar-refractivity contribution is 9.10. The van der Waals surface area contributed by atoms with Gasteiger partial charge in [-0.25, -0.2) is 9.97 Å². The van der Waals surface area contributed by atoms with Crippen LogP contribution >= 0.6 is 15.9 Å². The van der Waals surface area contributed by atoms with Crippen LogP contribution in [0.2, 0.25) is 0 Å². The summed E-state index contributed by atoms with van der Waals surface area (Å²) in [7, 11) is 0. The second-order valence-electron chi connectivity index (χ2n) is 3.75. The van der Waals surface area contributed by atoms with Crippen molar-refractivity contribution in [3.63, 3.8) is 0 Å². The largest absolute Gasteiger partial charge is 0.573 e. The van der Waals surface area contributed by atoms with Crippen molar-refractivity contribution >= 4 is 27.7 Å². The van der Waals surface area contributed by atoms with E-state index in [1.54, 1.807) is 0 Å². The summed E-state index contributed by atoms with van der Waals surface area (Å²) in [5.41, 5.74) is 0.161. The molecule has 1 N–H and O–H groups in total. The van der Waals surface area contributed by atoms with E-state index < -0.39 is 18.0 Å². The quantitative estimate of drug-likeness (QED) is 0.909. The fourth-order valence-electron chi connectivity index (χ4n) is 1.37. The molecule has 1 heterocycles. The molecule has 0 aliphatic rings. The number of amides is 1. The Morgan fingerprint density at radius 2 is 1.81 bits per heavy atom. The molecule has 9 heteroatoms. The molecule has 0 spiro atoms. The molecule has 0 radical (unpaired) electrons. The van der Waals surface area contributed by atoms with Crippen molar-refractivity contribution in [2.24, 2.45) is 0 Å². The van der Waals surface area contributed by atoms with Crippen molar-refractivity contribution in [1.82, 2.24) is 9.97 Å². The van der Waals surface area contributed by atoms with Crippen molar-refractivity contribution in [2.45, 2.75) is 6.36 Å². The molecule has 0 unspecified atom stereocenters. The molecule has 0 aliphatic carbocycles. The lowest BCUT2D eigenvalue weighted by Gasteiger charge is -2.09. The number of aromatic nitrogens is 2. The summed E-state index contributed by atoms with van der Waals surface area (Å²) in [6.07, 6.45) is -2.03. The van der Waals surface area contributed by atoms with E-state index in [1.165, 1.54) is 24.5 Å². The first-order valence-electron chi connectivity index (χ1n) is 5.48. The van der Waals surface area contributed by atoms with Gasteiger partial charge in [0.25, 0.3) is 5.91 Å². The number of alkyl halides is 3. The average molecular weight is 362 g/mol. The zero-order valence-electron chi connectivity index (χ0n) is 10.2. The smallest absolute Gasteiger partial charge is 0.406 e. The zero-order chi connectivity index (χ0) is 15.5. The number of nitrogens with one attached hydrogen (secondary N) is 1. The molecular weight excluding hydrogens is 355 g/mol. The summed E-state index contributed by atoms with van der Waals surface area (Å²) < 4.78 is 40.2. The number of halogens is 4. The summed E-state index contributed by atoms with van der Waals surface area (Å²) in [6.45, 7) is 0. The van der Waals surface area contributed by atoms with Crippen LogP contribution in [0.5, 0.6) is 5.75 Å². The Bertz CT molecular complexity index is 630. The van der Waals surface area contributed by atoms with Gasteiger partial charge in [-0.05, 0) is 40.2 Å². The molecule has 0 fully saturated rings. The van der Waals surface area contributed by atoms with E-state index in [9.17, 15) is 18.0 Å². The lowest BCUT2D eigenvalue weighted by Crippen LogP contribution is -2.17. The Hall–Kier alpha value is -2.16. The monoisotopic (exact) mass is 361 g/mol. The van der Waals surface area contributed by atoms with Gasteiger partial charge in [-0.3, -0.25) is 4.79 Å². The van der Waals surface area contributed by atoms with E-state index in [2.05, 4.69) is 36.0 Å². The second kappa shape index (κ2) is 6.08. The van der Waals surface area contributed by atoms with E-state index in [0.29, 0.717) is 4.60 Å². The maximum absolute atomic E-state index is 12.0. The van der Waals surface area contributed by atoms with Crippen LogP contribution in [-0.4, -0.2) is 22.2 Å². The van der Waals surface area contributed by atoms with Gasteiger partial charge in [0, 0.05) is 5.56 Å². The number of hydrogen-bond donors (Lipinski definition) is 1. The summed E-state index contributed by atoms with van der Waals surface area (Å²) in [5.74, 6) is -0.702. The van der Waals surface area contributed by atoms with Crippen molar-refractivity contribution in [3.05, 3.63) is 46.8 Å². The Labute approximate surface area is 125 Å². The van der Waals surface area contributed by atoms with Crippen LogP contribution < -0.4 is 10.1 Å². The van der Waals surface area contributed by atoms with Gasteiger partial charge in [-0.15, -0.1) is 13.2 Å². The molecule has 1 amide bonds. The van der Waals surface area contributed by atoms with E-state index in [0.717, 1.165) is 12.1 Å². The highest BCUT2D eigenvalue weighted by Gasteiger charge is 2.31. The van der Waals surface area contributed by atoms with Crippen molar-refractivity contribution in [3.8, 4) is 5.75 Å². The minimum absolute atomic E-state index is 0.161. The molecular formula is C12H7BrF3N3O2. The number of rotatable bonds is 3. The normalized spacial score (nSPS) is 11.0. The summed E-state index contributed by atoms with van der Waals surface area (Å²) in [6, 6.07) is 4.52. The molecule has 0 saturated carbocycles. The van der Waals surface area contributed by atoms with Crippen LogP contribution in [0.4, 0.5) is 19.0 Å². The predicted molar refractivity (Wildman–Crippen MR) is 70.8 cm³/mol. The van der Waals surface area contributed by atoms with Crippen molar-refractivity contribution in [1.29, 1.82) is 0 Å². The van der Waals surface area contributed by atoms with Crippen LogP contribution in [0.3, 0.4) is 0 Å². The van der Waals surface area contributed by atoms with E-state index in [1.807, 2.05) is 0 Å². The summed E-state index contributed by atoms with van der Waals surface area (Å²) in [5, 5.41) is 2.46. The van der Waals surface area contributed by atoms with E-state index in [-0.39, 0.29) is 11.4 Å². The molecule has 0 bridgehead atoms. The number of anilines is 1. The summed E-state index contributed by atoms with van der Waals surface area (Å²) in [4.78, 5) is 19.6. The number of benzene rings is 1. The number of nitrogens with zero attached hydrogens (tertiary/aromatic N) is 2. The third kappa shape index (κ3) is 4.71. The second-order valence-corrected chi connectivity index (χ2v) is 4.56. The Kier molecular flexibility index (Phi) is 4.41. The predicted octanol–water partition coefficient (Wildman–Crippen LogP) is 3.39. The summed E-state index contributed by atoms with van der Waals surface area (Å²) >= 11 is 3.10. The standard InChI is InChI=1S/C12H7BrF3N3O2/c13-9-5-18-10(6-17-9)19-11(20)7-1-3-8(4-2-7)21-12(14,15)16/h1-6H,(H,18,19,20). The third-order valence-electron chi connectivity index (χ3n) is 2.21. The van der Waals surface area contributed by atoms with Gasteiger partial charge in [-0.2, -0.15) is 0 Å². The van der Waals surface area contributed by atoms with Gasteiger partial charge in [0.05, 0.1) is 12.4 Å². The van der Waals surface area contributed by atoms with Crippen molar-refractivity contribution < 1.29 is 22.7 Å². The topological polar surface area (TPSA) is 64.1 Å². The van der Waals surface area contributed by atoms with E-state index >= 15 is 0 Å². The van der Waals surface area contributed by atoms with Gasteiger partial charge in [0.15, 0.2) is 5.82 Å². The number of carbonyl (C=O) groups is 1. The number of hydrogen-bond acceptors (Lipinski definition) is 4. The number of carbonyl (C=O) groups excluding carboxylic acids is 1. The van der Waals surface area contributed by atoms with Crippen LogP contribution in [0.15, 0.2) is 41.3 Å². The first-order valence-corrected chi connectivity index (χ1v) is 6.27. The fourth-order valence-corrected chi connectivity index (χ4v) is 1.58. The minimum atomic E-state index is -4.77. The van der Waals surface area contributed by atoms with Gasteiger partial charge < -0.3 is 10.1 Å². The Morgan fingerprint density at radius 3 is 2.33 bits per heavy atom. The molecule has 2 rings (SSSR count). The van der Waals surface area contributed by atoms with Gasteiger partial charge in [0.2, 0.25) is 0 Å². The highest BCUT2D eigenvalue weighted by atomic mass is 79.9. The van der Waals surface area contributed by atoms with Crippen LogP contribution in [0, 0.1) is 0 Å². The first kappa shape index (κ1) is 15.2. The SMILES string of the molecule is O=C(Nc1cnc(Br)cn1)c1ccc(OC(F)(F)F)cc1. The average Bonchev–Trinajstić information content (AvgIpc) is 2.40. The maximum atomic E-state index is 12.0. The molecule has 5 nitrogen and oxygen atoms in total. The first-order chi connectivity index (χ1) is 9.83. The van der Waals surface area contributed by atoms with Gasteiger partial charge in [0.1, 0.15) is 10.4 Å². The van der Waals surface area contributed by atoms with Crippen LogP contribution in [0.1, 0.15) is 10.4 Å². The van der Waals surface area contributed by atoms with Crippen LogP contribution in [-0.2, 0) is 0 Å². The molecule has 110 valence electrons. The molecule has 21 heavy (non-hydrogen) atoms. The highest BCUT2D eigenvalue weighted by Crippen LogP contribution is 2.22. The van der Waals surface area contributed by atoms with E-state index in [4.69, 9.17) is 0 Å². The number of ether oxygens (including phenoxy) is 1. The maximum Gasteiger partial charge on any atom is 0.573 e. The third-order valence-corrected chi connectivity index (χ3v) is 2.62. The minimum Gasteiger partial charge on any atom is -0.406 e. The zero-order valence-corrected chi connectivity index (χ0v) is 11.8. The fraction of sp³-hybridized carbons (Fsp3) is 0.0833. The Balaban J connectivity index is 2.04. The van der Waals surface area contributed by atoms with Gasteiger partial charge >= 0.3 is 6.36 Å². The molecule has 0 aliphatic heterocycles. The van der Waals surface area contributed by atoms with Crippen molar-refractivity contribution in [2.75, 3.05) is 5.32 Å². The lowest BCUT2D eigenvalue weighted by atomic mass is 10.2. The lowest BCUT2D eigenvalue weighted by molar-refractivity contribution is -0.274. The Morgan fingerprint density at radius 1 is 1.14 bits per heavy atom. The van der Waals surface area contributed by atoms with Crippen LogP contribution in [0.25, 0.3) is 0 Å².